The zero-order valence-corrected chi connectivity index (χ0v) is 21.2. The quantitative estimate of drug-likeness (QED) is 0.308. The van der Waals surface area contributed by atoms with Crippen molar-refractivity contribution in [1.29, 1.82) is 0 Å². The fourth-order valence-corrected chi connectivity index (χ4v) is 4.50. The van der Waals surface area contributed by atoms with E-state index >= 15 is 0 Å². The second-order valence-corrected chi connectivity index (χ2v) is 9.41. The number of halogens is 3. The van der Waals surface area contributed by atoms with Gasteiger partial charge in [0.2, 0.25) is 5.95 Å². The maximum Gasteiger partial charge on any atom is 0.416 e. The minimum Gasteiger partial charge on any atom is -0.348 e. The van der Waals surface area contributed by atoms with E-state index in [1.54, 1.807) is 12.3 Å². The Morgan fingerprint density at radius 2 is 1.82 bits per heavy atom. The summed E-state index contributed by atoms with van der Waals surface area (Å²) in [6.07, 6.45) is 0.0923. The fourth-order valence-electron chi connectivity index (χ4n) is 4.50. The van der Waals surface area contributed by atoms with E-state index in [1.807, 2.05) is 37.3 Å². The summed E-state index contributed by atoms with van der Waals surface area (Å²) in [5, 5.41) is 9.49. The van der Waals surface area contributed by atoms with Crippen LogP contribution in [0.25, 0.3) is 17.2 Å². The lowest BCUT2D eigenvalue weighted by atomic mass is 10.1. The van der Waals surface area contributed by atoms with Crippen molar-refractivity contribution in [3.63, 3.8) is 0 Å². The highest BCUT2D eigenvalue weighted by molar-refractivity contribution is 5.93. The van der Waals surface area contributed by atoms with Crippen LogP contribution >= 0.6 is 0 Å². The third-order valence-electron chi connectivity index (χ3n) is 6.59. The fraction of sp³-hybridized carbons (Fsp3) is 0.286. The van der Waals surface area contributed by atoms with Gasteiger partial charge in [-0.15, -0.1) is 0 Å². The lowest BCUT2D eigenvalue weighted by molar-refractivity contribution is -0.137. The third kappa shape index (κ3) is 6.26. The van der Waals surface area contributed by atoms with E-state index in [4.69, 9.17) is 0 Å². The predicted octanol–water partition coefficient (Wildman–Crippen LogP) is 5.00. The molecule has 0 saturated carbocycles. The van der Waals surface area contributed by atoms with Gasteiger partial charge in [0.1, 0.15) is 17.3 Å². The molecule has 1 saturated heterocycles. The van der Waals surface area contributed by atoms with Gasteiger partial charge in [0.25, 0.3) is 5.91 Å². The average molecular weight is 536 g/mol. The molecule has 0 bridgehead atoms. The molecule has 1 aliphatic heterocycles. The maximum atomic E-state index is 13.5. The molecule has 11 heteroatoms. The number of carbonyl (C=O) groups is 1. The van der Waals surface area contributed by atoms with Crippen molar-refractivity contribution < 1.29 is 18.0 Å². The lowest BCUT2D eigenvalue weighted by Gasteiger charge is -2.23. The molecule has 1 atom stereocenters. The largest absolute Gasteiger partial charge is 0.416 e. The van der Waals surface area contributed by atoms with E-state index in [9.17, 15) is 18.0 Å². The van der Waals surface area contributed by atoms with E-state index in [1.165, 1.54) is 22.9 Å². The van der Waals surface area contributed by atoms with Crippen LogP contribution in [0.2, 0.25) is 0 Å². The van der Waals surface area contributed by atoms with Crippen molar-refractivity contribution in [3.05, 3.63) is 89.9 Å². The summed E-state index contributed by atoms with van der Waals surface area (Å²) in [7, 11) is 0. The summed E-state index contributed by atoms with van der Waals surface area (Å²) in [6, 6.07) is 16.2. The van der Waals surface area contributed by atoms with E-state index < -0.39 is 11.7 Å². The summed E-state index contributed by atoms with van der Waals surface area (Å²) in [5.41, 5.74) is 0.524. The number of benzene rings is 2. The zero-order chi connectivity index (χ0) is 27.4. The average Bonchev–Trinajstić information content (AvgIpc) is 3.40. The van der Waals surface area contributed by atoms with Crippen LogP contribution < -0.4 is 16.0 Å². The molecule has 2 aromatic carbocycles. The first-order valence-corrected chi connectivity index (χ1v) is 12.7. The molecule has 1 aliphatic rings. The molecular formula is C28H28F3N7O. The molecule has 3 heterocycles. The minimum absolute atomic E-state index is 0.00441. The van der Waals surface area contributed by atoms with E-state index in [0.29, 0.717) is 11.8 Å². The number of aromatic nitrogens is 4. The monoisotopic (exact) mass is 535 g/mol. The Morgan fingerprint density at radius 3 is 2.56 bits per heavy atom. The molecule has 202 valence electrons. The van der Waals surface area contributed by atoms with Gasteiger partial charge in [0, 0.05) is 24.0 Å². The molecule has 4 aromatic rings. The first-order chi connectivity index (χ1) is 18.8. The normalized spacial score (nSPS) is 15.1. The SMILES string of the molecule is CC(Nc1nccc(-n2cc(C(=O)NC3CCNCC3)nc2-c2cccc(C(F)(F)F)c2)n1)c1ccccc1. The van der Waals surface area contributed by atoms with Crippen LogP contribution in [-0.4, -0.2) is 44.6 Å². The van der Waals surface area contributed by atoms with Gasteiger partial charge in [0.05, 0.1) is 11.6 Å². The van der Waals surface area contributed by atoms with Crippen molar-refractivity contribution in [2.75, 3.05) is 18.4 Å². The van der Waals surface area contributed by atoms with Crippen molar-refractivity contribution >= 4 is 11.9 Å². The van der Waals surface area contributed by atoms with Crippen LogP contribution in [0, 0.1) is 0 Å². The molecule has 3 N–H and O–H groups in total. The predicted molar refractivity (Wildman–Crippen MR) is 141 cm³/mol. The highest BCUT2D eigenvalue weighted by atomic mass is 19.4. The number of carbonyl (C=O) groups excluding carboxylic acids is 1. The van der Waals surface area contributed by atoms with Gasteiger partial charge in [-0.05, 0) is 56.6 Å². The second-order valence-electron chi connectivity index (χ2n) is 9.41. The number of anilines is 1. The van der Waals surface area contributed by atoms with Crippen LogP contribution in [-0.2, 0) is 6.18 Å². The Labute approximate surface area is 223 Å². The van der Waals surface area contributed by atoms with E-state index in [0.717, 1.165) is 43.6 Å². The summed E-state index contributed by atoms with van der Waals surface area (Å²) < 4.78 is 42.0. The van der Waals surface area contributed by atoms with Crippen molar-refractivity contribution in [1.82, 2.24) is 30.2 Å². The Balaban J connectivity index is 1.51. The highest BCUT2D eigenvalue weighted by Crippen LogP contribution is 2.32. The van der Waals surface area contributed by atoms with Crippen LogP contribution in [0.15, 0.2) is 73.1 Å². The van der Waals surface area contributed by atoms with Crippen molar-refractivity contribution in [2.45, 2.75) is 38.0 Å². The van der Waals surface area contributed by atoms with Crippen LogP contribution in [0.5, 0.6) is 0 Å². The van der Waals surface area contributed by atoms with E-state index in [2.05, 4.69) is 30.9 Å². The van der Waals surface area contributed by atoms with Gasteiger partial charge < -0.3 is 16.0 Å². The first-order valence-electron chi connectivity index (χ1n) is 12.7. The first kappa shape index (κ1) is 26.4. The molecule has 0 spiro atoms. The Bertz CT molecular complexity index is 1430. The van der Waals surface area contributed by atoms with Crippen LogP contribution in [0.4, 0.5) is 19.1 Å². The second kappa shape index (κ2) is 11.2. The number of hydrogen-bond acceptors (Lipinski definition) is 6. The Kier molecular flexibility index (Phi) is 7.60. The van der Waals surface area contributed by atoms with Crippen LogP contribution in [0.1, 0.15) is 47.4 Å². The minimum atomic E-state index is -4.53. The summed E-state index contributed by atoms with van der Waals surface area (Å²) in [5.74, 6) is 0.457. The van der Waals surface area contributed by atoms with Gasteiger partial charge >= 0.3 is 6.18 Å². The van der Waals surface area contributed by atoms with Crippen molar-refractivity contribution in [2.24, 2.45) is 0 Å². The molecule has 1 fully saturated rings. The summed E-state index contributed by atoms with van der Waals surface area (Å²) in [6.45, 7) is 3.57. The highest BCUT2D eigenvalue weighted by Gasteiger charge is 2.31. The molecular weight excluding hydrogens is 507 g/mol. The van der Waals surface area contributed by atoms with E-state index in [-0.39, 0.29) is 35.1 Å². The molecule has 1 unspecified atom stereocenters. The molecule has 0 radical (unpaired) electrons. The molecule has 8 nitrogen and oxygen atoms in total. The number of alkyl halides is 3. The zero-order valence-electron chi connectivity index (χ0n) is 21.2. The van der Waals surface area contributed by atoms with Gasteiger partial charge in [-0.1, -0.05) is 42.5 Å². The van der Waals surface area contributed by atoms with Gasteiger partial charge in [0.15, 0.2) is 0 Å². The summed E-state index contributed by atoms with van der Waals surface area (Å²) in [4.78, 5) is 26.5. The number of nitrogens with one attached hydrogen (secondary N) is 3. The molecule has 39 heavy (non-hydrogen) atoms. The molecule has 2 aromatic heterocycles. The number of imidazole rings is 1. The number of piperidine rings is 1. The van der Waals surface area contributed by atoms with Gasteiger partial charge in [-0.3, -0.25) is 9.36 Å². The topological polar surface area (TPSA) is 96.8 Å². The summed E-state index contributed by atoms with van der Waals surface area (Å²) >= 11 is 0. The number of rotatable bonds is 7. The Morgan fingerprint density at radius 1 is 1.05 bits per heavy atom. The lowest BCUT2D eigenvalue weighted by Crippen LogP contribution is -2.42. The van der Waals surface area contributed by atoms with Crippen molar-refractivity contribution in [3.8, 4) is 17.2 Å². The van der Waals surface area contributed by atoms with Crippen LogP contribution in [0.3, 0.4) is 0 Å². The molecule has 0 aliphatic carbocycles. The van der Waals surface area contributed by atoms with Gasteiger partial charge in [-0.25, -0.2) is 9.97 Å². The molecule has 5 rings (SSSR count). The van der Waals surface area contributed by atoms with Gasteiger partial charge in [-0.2, -0.15) is 18.2 Å². The number of amides is 1. The third-order valence-corrected chi connectivity index (χ3v) is 6.59. The Hall–Kier alpha value is -4.25. The maximum absolute atomic E-state index is 13.5. The smallest absolute Gasteiger partial charge is 0.348 e. The molecule has 1 amide bonds. The standard InChI is InChI=1S/C28H28F3N7O/c1-18(19-6-3-2-4-7-19)34-27-33-15-12-24(37-27)38-17-23(26(39)35-22-10-13-32-14-11-22)36-25(38)20-8-5-9-21(16-20)28(29,30)31/h2-9,12,15-18,22,32H,10-11,13-14H2,1H3,(H,35,39)(H,33,34,37). The number of nitrogens with zero attached hydrogens (tertiary/aromatic N) is 4. The number of hydrogen-bond donors (Lipinski definition) is 3.